The fraction of sp³-hybridized carbons (Fsp3) is 0.667. The van der Waals surface area contributed by atoms with Gasteiger partial charge >= 0.3 is 0 Å². The summed E-state index contributed by atoms with van der Waals surface area (Å²) in [7, 11) is 0. The third-order valence-electron chi connectivity index (χ3n) is 4.89. The summed E-state index contributed by atoms with van der Waals surface area (Å²) < 4.78 is 1.06. The molecule has 0 aromatic heterocycles. The topological polar surface area (TPSA) is 12.0 Å². The van der Waals surface area contributed by atoms with Crippen LogP contribution in [-0.4, -0.2) is 12.6 Å². The number of hydrogen-bond acceptors (Lipinski definition) is 1. The van der Waals surface area contributed by atoms with E-state index in [-0.39, 0.29) is 0 Å². The first-order valence-corrected chi connectivity index (χ1v) is 9.48. The molecule has 1 N–H and O–H groups in total. The van der Waals surface area contributed by atoms with Crippen LogP contribution in [-0.2, 0) is 6.42 Å². The molecule has 118 valence electrons. The second-order valence-corrected chi connectivity index (χ2v) is 7.63. The summed E-state index contributed by atoms with van der Waals surface area (Å²) in [6.45, 7) is 5.57. The zero-order valence-electron chi connectivity index (χ0n) is 13.2. The van der Waals surface area contributed by atoms with Gasteiger partial charge < -0.3 is 5.32 Å². The minimum Gasteiger partial charge on any atom is -0.314 e. The van der Waals surface area contributed by atoms with Crippen LogP contribution in [0.25, 0.3) is 0 Å². The van der Waals surface area contributed by atoms with E-state index in [1.807, 2.05) is 6.07 Å². The third kappa shape index (κ3) is 4.97. The molecule has 1 nitrogen and oxygen atoms in total. The lowest BCUT2D eigenvalue weighted by molar-refractivity contribution is 0.208. The molecule has 1 aliphatic carbocycles. The van der Waals surface area contributed by atoms with Crippen molar-refractivity contribution in [3.63, 3.8) is 0 Å². The van der Waals surface area contributed by atoms with Gasteiger partial charge in [-0.2, -0.15) is 0 Å². The standard InChI is InChI=1S/C18H27BrClN/c1-3-13-6-5-7-15(10-13)18(21-4-2)11-14-8-9-16(19)12-17(14)20/h8-9,12-13,15,18,21H,3-7,10-11H2,1-2H3. The smallest absolute Gasteiger partial charge is 0.0449 e. The molecule has 3 unspecified atom stereocenters. The van der Waals surface area contributed by atoms with E-state index >= 15 is 0 Å². The van der Waals surface area contributed by atoms with Crippen molar-refractivity contribution < 1.29 is 0 Å². The summed E-state index contributed by atoms with van der Waals surface area (Å²) in [5, 5.41) is 4.60. The minimum absolute atomic E-state index is 0.558. The van der Waals surface area contributed by atoms with E-state index in [0.717, 1.165) is 34.3 Å². The van der Waals surface area contributed by atoms with Gasteiger partial charge in [-0.15, -0.1) is 0 Å². The maximum absolute atomic E-state index is 6.41. The Kier molecular flexibility index (Phi) is 7.04. The lowest BCUT2D eigenvalue weighted by Crippen LogP contribution is -2.40. The summed E-state index contributed by atoms with van der Waals surface area (Å²) in [4.78, 5) is 0. The van der Waals surface area contributed by atoms with Gasteiger partial charge in [0.1, 0.15) is 0 Å². The Bertz CT molecular complexity index is 449. The van der Waals surface area contributed by atoms with Gasteiger partial charge in [0.15, 0.2) is 0 Å². The zero-order valence-corrected chi connectivity index (χ0v) is 15.5. The van der Waals surface area contributed by atoms with E-state index in [4.69, 9.17) is 11.6 Å². The minimum atomic E-state index is 0.558. The van der Waals surface area contributed by atoms with E-state index in [2.05, 4.69) is 47.2 Å². The molecule has 0 aliphatic heterocycles. The van der Waals surface area contributed by atoms with Gasteiger partial charge in [0.2, 0.25) is 0 Å². The molecule has 21 heavy (non-hydrogen) atoms. The highest BCUT2D eigenvalue weighted by Crippen LogP contribution is 2.34. The first kappa shape index (κ1) is 17.3. The molecule has 3 heteroatoms. The molecule has 3 atom stereocenters. The van der Waals surface area contributed by atoms with E-state index in [1.54, 1.807) is 0 Å². The maximum Gasteiger partial charge on any atom is 0.0449 e. The van der Waals surface area contributed by atoms with E-state index in [0.29, 0.717) is 6.04 Å². The maximum atomic E-state index is 6.41. The Labute approximate surface area is 143 Å². The summed E-state index contributed by atoms with van der Waals surface area (Å²) >= 11 is 9.90. The molecule has 1 fully saturated rings. The second-order valence-electron chi connectivity index (χ2n) is 6.30. The number of benzene rings is 1. The van der Waals surface area contributed by atoms with Crippen molar-refractivity contribution >= 4 is 27.5 Å². The highest BCUT2D eigenvalue weighted by atomic mass is 79.9. The van der Waals surface area contributed by atoms with E-state index < -0.39 is 0 Å². The molecule has 1 aliphatic rings. The SMILES string of the molecule is CCNC(Cc1ccc(Br)cc1Cl)C1CCCC(CC)C1. The molecule has 2 rings (SSSR count). The lowest BCUT2D eigenvalue weighted by atomic mass is 9.75. The molecule has 0 spiro atoms. The van der Waals surface area contributed by atoms with Crippen LogP contribution in [0.5, 0.6) is 0 Å². The van der Waals surface area contributed by atoms with Crippen LogP contribution in [0.4, 0.5) is 0 Å². The van der Waals surface area contributed by atoms with E-state index in [1.165, 1.54) is 37.7 Å². The summed E-state index contributed by atoms with van der Waals surface area (Å²) in [5.41, 5.74) is 1.27. The van der Waals surface area contributed by atoms with Crippen LogP contribution in [0.1, 0.15) is 51.5 Å². The molecular weight excluding hydrogens is 346 g/mol. The number of nitrogens with one attached hydrogen (secondary N) is 1. The number of rotatable bonds is 6. The van der Waals surface area contributed by atoms with Crippen LogP contribution in [0, 0.1) is 11.8 Å². The Hall–Kier alpha value is -0.0500. The van der Waals surface area contributed by atoms with Gasteiger partial charge in [-0.05, 0) is 55.3 Å². The third-order valence-corrected chi connectivity index (χ3v) is 5.74. The van der Waals surface area contributed by atoms with Crippen molar-refractivity contribution in [1.29, 1.82) is 0 Å². The van der Waals surface area contributed by atoms with Crippen molar-refractivity contribution in [1.82, 2.24) is 5.32 Å². The summed E-state index contributed by atoms with van der Waals surface area (Å²) in [6, 6.07) is 6.83. The zero-order chi connectivity index (χ0) is 15.2. The first-order valence-electron chi connectivity index (χ1n) is 8.31. The Morgan fingerprint density at radius 3 is 2.81 bits per heavy atom. The largest absolute Gasteiger partial charge is 0.314 e. The Morgan fingerprint density at radius 2 is 2.14 bits per heavy atom. The second kappa shape index (κ2) is 8.55. The molecular formula is C18H27BrClN. The van der Waals surface area contributed by atoms with Crippen LogP contribution in [0.15, 0.2) is 22.7 Å². The predicted octanol–water partition coefficient (Wildman–Crippen LogP) is 5.84. The van der Waals surface area contributed by atoms with Crippen molar-refractivity contribution in [2.75, 3.05) is 6.54 Å². The average molecular weight is 373 g/mol. The Balaban J connectivity index is 2.07. The molecule has 0 bridgehead atoms. The van der Waals surface area contributed by atoms with Crippen LogP contribution >= 0.6 is 27.5 Å². The van der Waals surface area contributed by atoms with Crippen molar-refractivity contribution in [3.05, 3.63) is 33.3 Å². The highest BCUT2D eigenvalue weighted by molar-refractivity contribution is 9.10. The fourth-order valence-electron chi connectivity index (χ4n) is 3.66. The molecule has 0 heterocycles. The van der Waals surface area contributed by atoms with Crippen molar-refractivity contribution in [3.8, 4) is 0 Å². The van der Waals surface area contributed by atoms with Crippen molar-refractivity contribution in [2.45, 2.75) is 58.4 Å². The van der Waals surface area contributed by atoms with E-state index in [9.17, 15) is 0 Å². The van der Waals surface area contributed by atoms with Crippen LogP contribution < -0.4 is 5.32 Å². The van der Waals surface area contributed by atoms with Gasteiger partial charge in [0.25, 0.3) is 0 Å². The monoisotopic (exact) mass is 371 g/mol. The Morgan fingerprint density at radius 1 is 1.33 bits per heavy atom. The van der Waals surface area contributed by atoms with Gasteiger partial charge in [0, 0.05) is 15.5 Å². The fourth-order valence-corrected chi connectivity index (χ4v) is 4.41. The molecule has 1 aromatic carbocycles. The molecule has 0 radical (unpaired) electrons. The van der Waals surface area contributed by atoms with Gasteiger partial charge in [-0.1, -0.05) is 66.7 Å². The van der Waals surface area contributed by atoms with Crippen LogP contribution in [0.2, 0.25) is 5.02 Å². The molecule has 1 aromatic rings. The summed E-state index contributed by atoms with van der Waals surface area (Å²) in [5.74, 6) is 1.72. The highest BCUT2D eigenvalue weighted by Gasteiger charge is 2.27. The van der Waals surface area contributed by atoms with Gasteiger partial charge in [-0.3, -0.25) is 0 Å². The number of likely N-dealkylation sites (N-methyl/N-ethyl adjacent to an activating group) is 1. The normalized spacial score (nSPS) is 24.0. The van der Waals surface area contributed by atoms with Crippen LogP contribution in [0.3, 0.4) is 0 Å². The molecule has 0 amide bonds. The number of hydrogen-bond donors (Lipinski definition) is 1. The lowest BCUT2D eigenvalue weighted by Gasteiger charge is -2.35. The number of halogens is 2. The van der Waals surface area contributed by atoms with Gasteiger partial charge in [-0.25, -0.2) is 0 Å². The first-order chi connectivity index (χ1) is 10.1. The van der Waals surface area contributed by atoms with Crippen molar-refractivity contribution in [2.24, 2.45) is 11.8 Å². The quantitative estimate of drug-likeness (QED) is 0.661. The summed E-state index contributed by atoms with van der Waals surface area (Å²) in [6.07, 6.45) is 7.92. The predicted molar refractivity (Wildman–Crippen MR) is 96.1 cm³/mol. The van der Waals surface area contributed by atoms with Gasteiger partial charge in [0.05, 0.1) is 0 Å². The molecule has 1 saturated carbocycles. The average Bonchev–Trinajstić information content (AvgIpc) is 2.49. The molecule has 0 saturated heterocycles.